The van der Waals surface area contributed by atoms with Crippen molar-refractivity contribution in [3.8, 4) is 5.75 Å². The first-order chi connectivity index (χ1) is 20.6. The van der Waals surface area contributed by atoms with Crippen LogP contribution in [0.3, 0.4) is 0 Å². The zero-order valence-electron chi connectivity index (χ0n) is 26.0. The molecule has 0 spiro atoms. The molecule has 1 aliphatic carbocycles. The summed E-state index contributed by atoms with van der Waals surface area (Å²) in [4.78, 5) is 48.4. The molecule has 240 valence electrons. The van der Waals surface area contributed by atoms with Crippen LogP contribution in [0, 0.1) is 4.77 Å². The standard InChI is InChI=1S/C30H40N4O9S/c1-16(35)31-25-27(42-19(4)38)26(41-18(3)37)23(14-39-17(2)36)43-28(25)34-29(44)33(21-10-11-21)24(32-34)15-40-22-12-8-20(9-13-22)30(5,6)7/h8-9,12-13,21,23,25-28H,10-11,14-15H2,1-7H3,(H,31,35)/t23-,25-,26-,27-,28-/m1/s1. The number of carbonyl (C=O) groups is 4. The second kappa shape index (κ2) is 13.5. The van der Waals surface area contributed by atoms with Crippen LogP contribution in [0.4, 0.5) is 0 Å². The first kappa shape index (κ1) is 33.1. The van der Waals surface area contributed by atoms with E-state index >= 15 is 0 Å². The SMILES string of the molecule is CC(=O)N[C@@H]1[C@@H](OC(C)=O)[C@H](OC(C)=O)[C@@H](COC(C)=O)O[C@H]1n1nc(COc2ccc(C(C)(C)C)cc2)n(C2CC2)c1=S. The summed E-state index contributed by atoms with van der Waals surface area (Å²) >= 11 is 5.87. The third-order valence-corrected chi connectivity index (χ3v) is 7.62. The molecule has 1 aromatic heterocycles. The molecule has 5 atom stereocenters. The Morgan fingerprint density at radius 1 is 0.977 bits per heavy atom. The number of aromatic nitrogens is 3. The maximum Gasteiger partial charge on any atom is 0.303 e. The first-order valence-corrected chi connectivity index (χ1v) is 14.9. The van der Waals surface area contributed by atoms with E-state index in [9.17, 15) is 19.2 Å². The van der Waals surface area contributed by atoms with Gasteiger partial charge in [-0.15, -0.1) is 0 Å². The van der Waals surface area contributed by atoms with E-state index in [1.165, 1.54) is 37.9 Å². The van der Waals surface area contributed by atoms with Crippen LogP contribution in [-0.4, -0.2) is 69.1 Å². The van der Waals surface area contributed by atoms with Crippen LogP contribution in [0.15, 0.2) is 24.3 Å². The van der Waals surface area contributed by atoms with Crippen LogP contribution in [0.2, 0.25) is 0 Å². The fourth-order valence-electron chi connectivity index (χ4n) is 5.12. The summed E-state index contributed by atoms with van der Waals surface area (Å²) < 4.78 is 32.4. The average molecular weight is 633 g/mol. The lowest BCUT2D eigenvalue weighted by atomic mass is 9.87. The molecular formula is C30H40N4O9S. The van der Waals surface area contributed by atoms with E-state index in [4.69, 9.17) is 41.0 Å². The largest absolute Gasteiger partial charge is 0.486 e. The lowest BCUT2D eigenvalue weighted by Crippen LogP contribution is -2.64. The molecule has 1 amide bonds. The zero-order valence-corrected chi connectivity index (χ0v) is 26.8. The molecule has 1 aromatic carbocycles. The van der Waals surface area contributed by atoms with E-state index in [1.807, 2.05) is 28.8 Å². The molecule has 2 aromatic rings. The monoisotopic (exact) mass is 632 g/mol. The predicted molar refractivity (Wildman–Crippen MR) is 158 cm³/mol. The van der Waals surface area contributed by atoms with Gasteiger partial charge in [0, 0.05) is 33.7 Å². The molecule has 0 bridgehead atoms. The Morgan fingerprint density at radius 3 is 2.11 bits per heavy atom. The minimum absolute atomic E-state index is 0.000282. The molecule has 1 aliphatic heterocycles. The van der Waals surface area contributed by atoms with E-state index in [1.54, 1.807) is 0 Å². The van der Waals surface area contributed by atoms with E-state index < -0.39 is 54.4 Å². The molecule has 1 saturated heterocycles. The van der Waals surface area contributed by atoms with Crippen molar-refractivity contribution in [2.45, 2.75) is 110 Å². The average Bonchev–Trinajstić information content (AvgIpc) is 3.70. The number of nitrogens with one attached hydrogen (secondary N) is 1. The number of amides is 1. The fourth-order valence-corrected chi connectivity index (χ4v) is 5.52. The minimum Gasteiger partial charge on any atom is -0.486 e. The van der Waals surface area contributed by atoms with Crippen molar-refractivity contribution in [3.05, 3.63) is 40.4 Å². The van der Waals surface area contributed by atoms with Gasteiger partial charge >= 0.3 is 17.9 Å². The first-order valence-electron chi connectivity index (χ1n) is 14.5. The minimum atomic E-state index is -1.23. The van der Waals surface area contributed by atoms with Crippen LogP contribution in [0.5, 0.6) is 5.75 Å². The van der Waals surface area contributed by atoms with Gasteiger partial charge in [-0.2, -0.15) is 5.10 Å². The number of esters is 3. The molecule has 44 heavy (non-hydrogen) atoms. The summed E-state index contributed by atoms with van der Waals surface area (Å²) in [5, 5.41) is 7.53. The summed E-state index contributed by atoms with van der Waals surface area (Å²) in [6.45, 7) is 11.1. The number of hydrogen-bond donors (Lipinski definition) is 1. The molecule has 14 heteroatoms. The second-order valence-corrected chi connectivity index (χ2v) is 12.4. The van der Waals surface area contributed by atoms with Crippen LogP contribution in [0.25, 0.3) is 0 Å². The highest BCUT2D eigenvalue weighted by Gasteiger charge is 2.52. The van der Waals surface area contributed by atoms with Gasteiger partial charge in [0.25, 0.3) is 0 Å². The molecule has 0 radical (unpaired) electrons. The molecule has 0 unspecified atom stereocenters. The van der Waals surface area contributed by atoms with E-state index in [0.29, 0.717) is 16.3 Å². The number of nitrogens with zero attached hydrogens (tertiary/aromatic N) is 3. The Morgan fingerprint density at radius 2 is 1.59 bits per heavy atom. The summed E-state index contributed by atoms with van der Waals surface area (Å²) in [5.74, 6) is -1.24. The van der Waals surface area contributed by atoms with Gasteiger partial charge in [-0.3, -0.25) is 23.7 Å². The molecule has 2 heterocycles. The van der Waals surface area contributed by atoms with Crippen LogP contribution in [0.1, 0.15) is 85.0 Å². The van der Waals surface area contributed by atoms with Crippen molar-refractivity contribution in [1.82, 2.24) is 19.7 Å². The molecule has 4 rings (SSSR count). The summed E-state index contributed by atoms with van der Waals surface area (Å²) in [6, 6.07) is 6.88. The third-order valence-electron chi connectivity index (χ3n) is 7.24. The topological polar surface area (TPSA) is 149 Å². The Kier molecular flexibility index (Phi) is 10.1. The van der Waals surface area contributed by atoms with Gasteiger partial charge in [-0.05, 0) is 48.2 Å². The normalized spacial score (nSPS) is 23.4. The molecular weight excluding hydrogens is 592 g/mol. The summed E-state index contributed by atoms with van der Waals surface area (Å²) in [6.07, 6.45) is -2.87. The second-order valence-electron chi connectivity index (χ2n) is 12.0. The number of carbonyl (C=O) groups excluding carboxylic acids is 4. The predicted octanol–water partition coefficient (Wildman–Crippen LogP) is 3.45. The van der Waals surface area contributed by atoms with Gasteiger partial charge in [0.1, 0.15) is 31.1 Å². The van der Waals surface area contributed by atoms with Gasteiger partial charge in [0.05, 0.1) is 0 Å². The molecule has 2 fully saturated rings. The Balaban J connectivity index is 1.73. The van der Waals surface area contributed by atoms with Crippen molar-refractivity contribution < 1.29 is 42.9 Å². The van der Waals surface area contributed by atoms with E-state index in [-0.39, 0.29) is 24.7 Å². The summed E-state index contributed by atoms with van der Waals surface area (Å²) in [7, 11) is 0. The Hall–Kier alpha value is -3.78. The smallest absolute Gasteiger partial charge is 0.303 e. The Bertz CT molecular complexity index is 1440. The van der Waals surface area contributed by atoms with Crippen LogP contribution >= 0.6 is 12.2 Å². The van der Waals surface area contributed by atoms with Gasteiger partial charge in [0.15, 0.2) is 24.3 Å². The number of rotatable bonds is 10. The van der Waals surface area contributed by atoms with Gasteiger partial charge in [-0.1, -0.05) is 32.9 Å². The van der Waals surface area contributed by atoms with Crippen molar-refractivity contribution in [3.63, 3.8) is 0 Å². The zero-order chi connectivity index (χ0) is 32.3. The van der Waals surface area contributed by atoms with Gasteiger partial charge in [-0.25, -0.2) is 4.68 Å². The van der Waals surface area contributed by atoms with E-state index in [2.05, 4.69) is 26.1 Å². The summed E-state index contributed by atoms with van der Waals surface area (Å²) in [5.41, 5.74) is 1.17. The lowest BCUT2D eigenvalue weighted by Gasteiger charge is -2.45. The Labute approximate surface area is 261 Å². The maximum atomic E-state index is 12.4. The fraction of sp³-hybridized carbons (Fsp3) is 0.600. The number of hydrogen-bond acceptors (Lipinski definition) is 11. The van der Waals surface area contributed by atoms with Gasteiger partial charge < -0.3 is 29.0 Å². The van der Waals surface area contributed by atoms with Crippen molar-refractivity contribution in [2.24, 2.45) is 0 Å². The quantitative estimate of drug-likeness (QED) is 0.233. The van der Waals surface area contributed by atoms with Crippen molar-refractivity contribution >= 4 is 36.0 Å². The van der Waals surface area contributed by atoms with Crippen molar-refractivity contribution in [1.29, 1.82) is 0 Å². The maximum absolute atomic E-state index is 12.4. The highest BCUT2D eigenvalue weighted by atomic mass is 32.1. The molecule has 2 aliphatic rings. The van der Waals surface area contributed by atoms with Crippen molar-refractivity contribution in [2.75, 3.05) is 6.61 Å². The highest BCUT2D eigenvalue weighted by Crippen LogP contribution is 2.38. The van der Waals surface area contributed by atoms with E-state index in [0.717, 1.165) is 12.8 Å². The molecule has 1 N–H and O–H groups in total. The van der Waals surface area contributed by atoms with Gasteiger partial charge in [0.2, 0.25) is 10.7 Å². The number of ether oxygens (including phenoxy) is 5. The highest BCUT2D eigenvalue weighted by molar-refractivity contribution is 7.71. The molecule has 1 saturated carbocycles. The van der Waals surface area contributed by atoms with Crippen LogP contribution < -0.4 is 10.1 Å². The molecule has 13 nitrogen and oxygen atoms in total. The lowest BCUT2D eigenvalue weighted by molar-refractivity contribution is -0.239. The van der Waals surface area contributed by atoms with Crippen LogP contribution in [-0.2, 0) is 50.1 Å². The number of benzene rings is 1. The third kappa shape index (κ3) is 8.03.